The average Bonchev–Trinajstić information content (AvgIpc) is 2.61. The van der Waals surface area contributed by atoms with E-state index in [1.54, 1.807) is 13.3 Å². The minimum absolute atomic E-state index is 0.0925. The van der Waals surface area contributed by atoms with Crippen LogP contribution >= 0.6 is 0 Å². The number of nitrogens with zero attached hydrogens (tertiary/aromatic N) is 4. The lowest BCUT2D eigenvalue weighted by atomic mass is 9.79. The van der Waals surface area contributed by atoms with Gasteiger partial charge < -0.3 is 16.0 Å². The van der Waals surface area contributed by atoms with E-state index in [4.69, 9.17) is 5.73 Å². The Bertz CT molecular complexity index is 838. The van der Waals surface area contributed by atoms with Crippen LogP contribution in [0.15, 0.2) is 35.3 Å². The molecule has 0 spiro atoms. The molecule has 0 saturated carbocycles. The van der Waals surface area contributed by atoms with E-state index in [0.717, 1.165) is 35.5 Å². The fraction of sp³-hybridized carbons (Fsp3) is 0.500. The third-order valence-electron chi connectivity index (χ3n) is 5.38. The molecule has 0 atom stereocenters. The molecule has 1 aromatic carbocycles. The summed E-state index contributed by atoms with van der Waals surface area (Å²) >= 11 is 0. The lowest BCUT2D eigenvalue weighted by molar-refractivity contribution is 0.160. The number of aromatic nitrogens is 2. The molecule has 1 aliphatic rings. The van der Waals surface area contributed by atoms with E-state index in [2.05, 4.69) is 60.1 Å². The molecule has 6 nitrogen and oxygen atoms in total. The predicted molar refractivity (Wildman–Crippen MR) is 118 cm³/mol. The van der Waals surface area contributed by atoms with Gasteiger partial charge in [0.05, 0.1) is 5.69 Å². The van der Waals surface area contributed by atoms with Crippen LogP contribution in [-0.4, -0.2) is 47.6 Å². The molecule has 150 valence electrons. The summed E-state index contributed by atoms with van der Waals surface area (Å²) in [6.45, 7) is 9.06. The van der Waals surface area contributed by atoms with Crippen molar-refractivity contribution in [3.8, 4) is 11.3 Å². The third kappa shape index (κ3) is 4.50. The summed E-state index contributed by atoms with van der Waals surface area (Å²) in [6, 6.07) is 10.3. The van der Waals surface area contributed by atoms with E-state index in [1.807, 2.05) is 30.3 Å². The van der Waals surface area contributed by atoms with E-state index < -0.39 is 0 Å². The summed E-state index contributed by atoms with van der Waals surface area (Å²) in [5.41, 5.74) is 9.59. The van der Waals surface area contributed by atoms with Crippen molar-refractivity contribution in [3.63, 3.8) is 0 Å². The molecule has 1 fully saturated rings. The van der Waals surface area contributed by atoms with Crippen LogP contribution in [-0.2, 0) is 0 Å². The summed E-state index contributed by atoms with van der Waals surface area (Å²) in [4.78, 5) is 6.32. The summed E-state index contributed by atoms with van der Waals surface area (Å²) in [5, 5.41) is 12.7. The fourth-order valence-electron chi connectivity index (χ4n) is 4.38. The fourth-order valence-corrected chi connectivity index (χ4v) is 4.38. The molecule has 0 radical (unpaired) electrons. The van der Waals surface area contributed by atoms with Gasteiger partial charge in [-0.2, -0.15) is 0 Å². The Morgan fingerprint density at radius 1 is 1.11 bits per heavy atom. The first-order valence-electron chi connectivity index (χ1n) is 9.78. The molecule has 28 heavy (non-hydrogen) atoms. The van der Waals surface area contributed by atoms with Crippen LogP contribution in [0.25, 0.3) is 11.3 Å². The molecule has 1 saturated heterocycles. The summed E-state index contributed by atoms with van der Waals surface area (Å²) < 4.78 is 0. The quantitative estimate of drug-likeness (QED) is 0.627. The van der Waals surface area contributed by atoms with Crippen molar-refractivity contribution < 1.29 is 0 Å². The highest BCUT2D eigenvalue weighted by Gasteiger charge is 2.39. The van der Waals surface area contributed by atoms with E-state index in [9.17, 15) is 0 Å². The maximum Gasteiger partial charge on any atom is 0.151 e. The Kier molecular flexibility index (Phi) is 5.44. The van der Waals surface area contributed by atoms with E-state index >= 15 is 0 Å². The third-order valence-corrected chi connectivity index (χ3v) is 5.38. The van der Waals surface area contributed by atoms with Crippen LogP contribution in [0.2, 0.25) is 0 Å². The lowest BCUT2D eigenvalue weighted by Gasteiger charge is -2.49. The molecule has 0 bridgehead atoms. The number of nitrogens with two attached hydrogens (primary N) is 1. The summed E-state index contributed by atoms with van der Waals surface area (Å²) in [5.74, 6) is 0.896. The zero-order valence-electron chi connectivity index (χ0n) is 17.8. The standard InChI is InChI=1S/C22H32N6/c1-21(2)12-17(13-22(3,4)27-21)28(6)20-10-9-19(25-26-20)15-7-8-18(23)16(11-15)14-24-5/h7-11,14,17,27H,12-13,23H2,1-6H3. The molecule has 3 rings (SSSR count). The topological polar surface area (TPSA) is 79.4 Å². The number of aliphatic imine (C=N–C) groups is 1. The van der Waals surface area contributed by atoms with Crippen molar-refractivity contribution in [3.05, 3.63) is 35.9 Å². The first kappa shape index (κ1) is 20.3. The van der Waals surface area contributed by atoms with Crippen LogP contribution in [0.4, 0.5) is 11.5 Å². The van der Waals surface area contributed by atoms with Gasteiger partial charge >= 0.3 is 0 Å². The largest absolute Gasteiger partial charge is 0.398 e. The Balaban J connectivity index is 1.82. The molecule has 1 aliphatic heterocycles. The molecular weight excluding hydrogens is 348 g/mol. The number of nitrogen functional groups attached to an aromatic ring is 1. The van der Waals surface area contributed by atoms with Crippen LogP contribution in [0.5, 0.6) is 0 Å². The number of benzene rings is 1. The van der Waals surface area contributed by atoms with Crippen molar-refractivity contribution in [2.45, 2.75) is 57.7 Å². The van der Waals surface area contributed by atoms with Gasteiger partial charge in [0, 0.05) is 54.2 Å². The second-order valence-corrected chi connectivity index (χ2v) is 9.07. The Morgan fingerprint density at radius 2 is 1.79 bits per heavy atom. The second-order valence-electron chi connectivity index (χ2n) is 9.07. The van der Waals surface area contributed by atoms with Crippen molar-refractivity contribution in [1.82, 2.24) is 15.5 Å². The van der Waals surface area contributed by atoms with Crippen molar-refractivity contribution in [2.24, 2.45) is 4.99 Å². The monoisotopic (exact) mass is 380 g/mol. The summed E-state index contributed by atoms with van der Waals surface area (Å²) in [7, 11) is 3.85. The molecule has 0 aliphatic carbocycles. The number of hydrogen-bond donors (Lipinski definition) is 2. The lowest BCUT2D eigenvalue weighted by Crippen LogP contribution is -2.62. The van der Waals surface area contributed by atoms with Gasteiger partial charge in [-0.3, -0.25) is 4.99 Å². The molecule has 2 aromatic rings. The second kappa shape index (κ2) is 7.51. The number of hydrogen-bond acceptors (Lipinski definition) is 6. The first-order valence-corrected chi connectivity index (χ1v) is 9.78. The van der Waals surface area contributed by atoms with E-state index in [0.29, 0.717) is 11.7 Å². The molecule has 0 unspecified atom stereocenters. The van der Waals surface area contributed by atoms with Gasteiger partial charge in [0.2, 0.25) is 0 Å². The van der Waals surface area contributed by atoms with E-state index in [-0.39, 0.29) is 11.1 Å². The van der Waals surface area contributed by atoms with Gasteiger partial charge in [0.1, 0.15) is 0 Å². The van der Waals surface area contributed by atoms with Crippen LogP contribution < -0.4 is 16.0 Å². The maximum absolute atomic E-state index is 6.00. The van der Waals surface area contributed by atoms with Gasteiger partial charge in [-0.15, -0.1) is 10.2 Å². The van der Waals surface area contributed by atoms with Crippen molar-refractivity contribution in [1.29, 1.82) is 0 Å². The summed E-state index contributed by atoms with van der Waals surface area (Å²) in [6.07, 6.45) is 3.89. The molecule has 6 heteroatoms. The van der Waals surface area contributed by atoms with Crippen molar-refractivity contribution in [2.75, 3.05) is 24.7 Å². The zero-order valence-corrected chi connectivity index (χ0v) is 17.8. The van der Waals surface area contributed by atoms with Crippen LogP contribution in [0, 0.1) is 0 Å². The Hall–Kier alpha value is -2.47. The minimum atomic E-state index is 0.0925. The SMILES string of the molecule is CN=Cc1cc(-c2ccc(N(C)C3CC(C)(C)NC(C)(C)C3)nn2)ccc1N. The first-order chi connectivity index (χ1) is 13.1. The molecule has 1 aromatic heterocycles. The number of anilines is 2. The molecule has 3 N–H and O–H groups in total. The maximum atomic E-state index is 6.00. The molecule has 2 heterocycles. The van der Waals surface area contributed by atoms with Gasteiger partial charge in [0.25, 0.3) is 0 Å². The van der Waals surface area contributed by atoms with Gasteiger partial charge in [-0.25, -0.2) is 0 Å². The zero-order chi connectivity index (χ0) is 20.5. The van der Waals surface area contributed by atoms with Gasteiger partial charge in [-0.05, 0) is 64.8 Å². The molecular formula is C22H32N6. The molecule has 0 amide bonds. The average molecular weight is 381 g/mol. The Labute approximate surface area is 168 Å². The minimum Gasteiger partial charge on any atom is -0.398 e. The van der Waals surface area contributed by atoms with Crippen LogP contribution in [0.3, 0.4) is 0 Å². The van der Waals surface area contributed by atoms with E-state index in [1.165, 1.54) is 0 Å². The number of rotatable bonds is 4. The highest BCUT2D eigenvalue weighted by atomic mass is 15.3. The normalized spacial score (nSPS) is 19.1. The number of piperidine rings is 1. The predicted octanol–water partition coefficient (Wildman–Crippen LogP) is 3.52. The Morgan fingerprint density at radius 3 is 2.36 bits per heavy atom. The van der Waals surface area contributed by atoms with Crippen molar-refractivity contribution >= 4 is 17.7 Å². The number of nitrogens with one attached hydrogen (secondary N) is 1. The highest BCUT2D eigenvalue weighted by molar-refractivity contribution is 5.89. The highest BCUT2D eigenvalue weighted by Crippen LogP contribution is 2.32. The smallest absolute Gasteiger partial charge is 0.151 e. The van der Waals surface area contributed by atoms with Crippen LogP contribution in [0.1, 0.15) is 46.1 Å². The van der Waals surface area contributed by atoms with Gasteiger partial charge in [-0.1, -0.05) is 6.07 Å². The van der Waals surface area contributed by atoms with Gasteiger partial charge in [0.15, 0.2) is 5.82 Å².